The van der Waals surface area contributed by atoms with Gasteiger partial charge in [-0.2, -0.15) is 13.2 Å². The summed E-state index contributed by atoms with van der Waals surface area (Å²) in [6.45, 7) is 5.28. The number of rotatable bonds is 1. The molecule has 0 bridgehead atoms. The Kier molecular flexibility index (Phi) is 3.26. The molecule has 2 rings (SSSR count). The van der Waals surface area contributed by atoms with Gasteiger partial charge < -0.3 is 9.64 Å². The van der Waals surface area contributed by atoms with Gasteiger partial charge in [0.15, 0.2) is 0 Å². The minimum atomic E-state index is -4.46. The van der Waals surface area contributed by atoms with Crippen molar-refractivity contribution in [1.82, 2.24) is 0 Å². The molecule has 19 heavy (non-hydrogen) atoms. The number of anilines is 1. The molecule has 0 aromatic heterocycles. The summed E-state index contributed by atoms with van der Waals surface area (Å²) in [5.74, 6) is -0.183. The smallest absolute Gasteiger partial charge is 0.416 e. The minimum Gasteiger partial charge on any atom is -0.487 e. The van der Waals surface area contributed by atoms with Crippen LogP contribution < -0.4 is 9.64 Å². The molecule has 1 aliphatic heterocycles. The fraction of sp³-hybridized carbons (Fsp3) is 0.308. The highest BCUT2D eigenvalue weighted by molar-refractivity contribution is 6.02. The van der Waals surface area contributed by atoms with Crippen LogP contribution in [0.3, 0.4) is 0 Å². The molecular formula is C13H12F3NO2. The summed E-state index contributed by atoms with van der Waals surface area (Å²) in [4.78, 5) is 12.9. The van der Waals surface area contributed by atoms with E-state index < -0.39 is 17.6 Å². The molecule has 0 N–H and O–H groups in total. The number of nitrogens with zero attached hydrogens (tertiary/aromatic N) is 1. The molecule has 102 valence electrons. The molecule has 1 amide bonds. The molecular weight excluding hydrogens is 259 g/mol. The highest BCUT2D eigenvalue weighted by atomic mass is 19.4. The molecule has 1 unspecified atom stereocenters. The summed E-state index contributed by atoms with van der Waals surface area (Å²) < 4.78 is 43.5. The predicted octanol–water partition coefficient (Wildman–Crippen LogP) is 3.01. The second kappa shape index (κ2) is 4.60. The summed E-state index contributed by atoms with van der Waals surface area (Å²) in [6, 6.07) is 3.09. The van der Waals surface area contributed by atoms with Gasteiger partial charge in [-0.3, -0.25) is 4.79 Å². The quantitative estimate of drug-likeness (QED) is 0.735. The van der Waals surface area contributed by atoms with Crippen LogP contribution in [0.2, 0.25) is 0 Å². The van der Waals surface area contributed by atoms with Crippen molar-refractivity contribution in [3.05, 3.63) is 36.4 Å². The van der Waals surface area contributed by atoms with Gasteiger partial charge in [-0.25, -0.2) is 0 Å². The number of amides is 1. The first-order valence-corrected chi connectivity index (χ1v) is 5.64. The average Bonchev–Trinajstić information content (AvgIpc) is 2.35. The Balaban J connectivity index is 2.50. The summed E-state index contributed by atoms with van der Waals surface area (Å²) in [6.07, 6.45) is -3.67. The van der Waals surface area contributed by atoms with Crippen LogP contribution in [-0.2, 0) is 11.0 Å². The summed E-state index contributed by atoms with van der Waals surface area (Å²) in [5.41, 5.74) is -0.691. The first kappa shape index (κ1) is 13.5. The van der Waals surface area contributed by atoms with E-state index in [1.807, 2.05) is 0 Å². The van der Waals surface area contributed by atoms with Crippen LogP contribution in [0.15, 0.2) is 30.9 Å². The number of carbonyl (C=O) groups is 1. The van der Waals surface area contributed by atoms with E-state index in [1.165, 1.54) is 11.0 Å². The maximum Gasteiger partial charge on any atom is 0.416 e. The third kappa shape index (κ3) is 2.57. The molecule has 1 atom stereocenters. The van der Waals surface area contributed by atoms with Gasteiger partial charge in [0, 0.05) is 0 Å². The first-order valence-electron chi connectivity index (χ1n) is 5.64. The lowest BCUT2D eigenvalue weighted by Gasteiger charge is -2.33. The summed E-state index contributed by atoms with van der Waals surface area (Å²) >= 11 is 0. The molecule has 1 aromatic rings. The van der Waals surface area contributed by atoms with E-state index in [0.717, 1.165) is 18.2 Å². The standard InChI is InChI=1S/C13H12F3NO2/c1-3-12(18)17-7-8(2)19-11-5-4-9(6-10(11)17)13(14,15)16/h3-6,8H,1,7H2,2H3. The van der Waals surface area contributed by atoms with Gasteiger partial charge in [0.1, 0.15) is 11.9 Å². The number of fused-ring (bicyclic) bond motifs is 1. The summed E-state index contributed by atoms with van der Waals surface area (Å²) in [7, 11) is 0. The Morgan fingerprint density at radius 2 is 2.21 bits per heavy atom. The Morgan fingerprint density at radius 1 is 1.53 bits per heavy atom. The van der Waals surface area contributed by atoms with E-state index in [-0.39, 0.29) is 24.1 Å². The number of hydrogen-bond acceptors (Lipinski definition) is 2. The van der Waals surface area contributed by atoms with Gasteiger partial charge >= 0.3 is 6.18 Å². The first-order chi connectivity index (χ1) is 8.82. The van der Waals surface area contributed by atoms with Crippen molar-refractivity contribution in [2.75, 3.05) is 11.4 Å². The fourth-order valence-corrected chi connectivity index (χ4v) is 1.93. The molecule has 0 saturated carbocycles. The van der Waals surface area contributed by atoms with E-state index in [1.54, 1.807) is 6.92 Å². The highest BCUT2D eigenvalue weighted by Crippen LogP contribution is 2.39. The van der Waals surface area contributed by atoms with Crippen molar-refractivity contribution in [2.45, 2.75) is 19.2 Å². The molecule has 6 heteroatoms. The molecule has 1 aliphatic rings. The Bertz CT molecular complexity index is 525. The number of ether oxygens (including phenoxy) is 1. The zero-order valence-electron chi connectivity index (χ0n) is 10.2. The molecule has 1 heterocycles. The van der Waals surface area contributed by atoms with Gasteiger partial charge in [0.25, 0.3) is 5.91 Å². The molecule has 0 aliphatic carbocycles. The zero-order chi connectivity index (χ0) is 14.2. The van der Waals surface area contributed by atoms with E-state index in [9.17, 15) is 18.0 Å². The summed E-state index contributed by atoms with van der Waals surface area (Å²) in [5, 5.41) is 0. The molecule has 0 spiro atoms. The maximum atomic E-state index is 12.7. The monoisotopic (exact) mass is 271 g/mol. The van der Waals surface area contributed by atoms with Crippen molar-refractivity contribution >= 4 is 11.6 Å². The Morgan fingerprint density at radius 3 is 2.79 bits per heavy atom. The normalized spacial score (nSPS) is 18.5. The van der Waals surface area contributed by atoms with Gasteiger partial charge in [0.05, 0.1) is 17.8 Å². The number of alkyl halides is 3. The van der Waals surface area contributed by atoms with Gasteiger partial charge in [-0.1, -0.05) is 6.58 Å². The van der Waals surface area contributed by atoms with Gasteiger partial charge in [-0.05, 0) is 31.2 Å². The lowest BCUT2D eigenvalue weighted by Crippen LogP contribution is -2.41. The highest BCUT2D eigenvalue weighted by Gasteiger charge is 2.34. The van der Waals surface area contributed by atoms with E-state index in [0.29, 0.717) is 0 Å². The number of carbonyl (C=O) groups excluding carboxylic acids is 1. The second-order valence-electron chi connectivity index (χ2n) is 4.26. The molecule has 0 saturated heterocycles. The third-order valence-corrected chi connectivity index (χ3v) is 2.79. The largest absolute Gasteiger partial charge is 0.487 e. The predicted molar refractivity (Wildman–Crippen MR) is 64.1 cm³/mol. The van der Waals surface area contributed by atoms with Crippen LogP contribution in [-0.4, -0.2) is 18.6 Å². The van der Waals surface area contributed by atoms with Crippen LogP contribution in [0.1, 0.15) is 12.5 Å². The van der Waals surface area contributed by atoms with Crippen molar-refractivity contribution in [1.29, 1.82) is 0 Å². The zero-order valence-corrected chi connectivity index (χ0v) is 10.2. The van der Waals surface area contributed by atoms with Crippen molar-refractivity contribution in [2.24, 2.45) is 0 Å². The maximum absolute atomic E-state index is 12.7. The van der Waals surface area contributed by atoms with Crippen LogP contribution in [0.4, 0.5) is 18.9 Å². The third-order valence-electron chi connectivity index (χ3n) is 2.79. The average molecular weight is 271 g/mol. The van der Waals surface area contributed by atoms with Crippen LogP contribution in [0.25, 0.3) is 0 Å². The number of halogens is 3. The van der Waals surface area contributed by atoms with Gasteiger partial charge in [0.2, 0.25) is 0 Å². The van der Waals surface area contributed by atoms with Crippen LogP contribution in [0.5, 0.6) is 5.75 Å². The minimum absolute atomic E-state index is 0.123. The molecule has 0 fully saturated rings. The van der Waals surface area contributed by atoms with E-state index >= 15 is 0 Å². The van der Waals surface area contributed by atoms with Crippen LogP contribution >= 0.6 is 0 Å². The lowest BCUT2D eigenvalue weighted by molar-refractivity contribution is -0.137. The lowest BCUT2D eigenvalue weighted by atomic mass is 10.1. The van der Waals surface area contributed by atoms with Crippen molar-refractivity contribution in [3.8, 4) is 5.75 Å². The second-order valence-corrected chi connectivity index (χ2v) is 4.26. The van der Waals surface area contributed by atoms with Crippen LogP contribution in [0, 0.1) is 0 Å². The molecule has 0 radical (unpaired) electrons. The Hall–Kier alpha value is -1.98. The van der Waals surface area contributed by atoms with Crippen molar-refractivity contribution in [3.63, 3.8) is 0 Å². The van der Waals surface area contributed by atoms with Crippen molar-refractivity contribution < 1.29 is 22.7 Å². The Labute approximate surface area is 108 Å². The van der Waals surface area contributed by atoms with Gasteiger partial charge in [-0.15, -0.1) is 0 Å². The number of hydrogen-bond donors (Lipinski definition) is 0. The molecule has 3 nitrogen and oxygen atoms in total. The fourth-order valence-electron chi connectivity index (χ4n) is 1.93. The molecule has 1 aromatic carbocycles. The number of benzene rings is 1. The van der Waals surface area contributed by atoms with E-state index in [4.69, 9.17) is 4.74 Å². The van der Waals surface area contributed by atoms with E-state index in [2.05, 4.69) is 6.58 Å². The SMILES string of the molecule is C=CC(=O)N1CC(C)Oc2ccc(C(F)(F)F)cc21. The topological polar surface area (TPSA) is 29.5 Å².